The molecule has 6 heteroatoms. The molecule has 0 aliphatic heterocycles. The molecule has 36 heavy (non-hydrogen) atoms. The Balaban J connectivity index is 1.69. The summed E-state index contributed by atoms with van der Waals surface area (Å²) in [5.41, 5.74) is 4.50. The van der Waals surface area contributed by atoms with Gasteiger partial charge in [0.05, 0.1) is 7.11 Å². The average molecular weight is 492 g/mol. The molecule has 0 N–H and O–H groups in total. The van der Waals surface area contributed by atoms with Crippen molar-refractivity contribution in [2.24, 2.45) is 17.3 Å². The summed E-state index contributed by atoms with van der Waals surface area (Å²) in [6.07, 6.45) is 7.03. The van der Waals surface area contributed by atoms with Crippen LogP contribution in [0.15, 0.2) is 47.1 Å². The van der Waals surface area contributed by atoms with Crippen LogP contribution in [0.25, 0.3) is 0 Å². The number of nitrogens with zero attached hydrogens (tertiary/aromatic N) is 1. The standard InChI is InChI=1S/C30H37NO5/c1-18(32)36-30(28(34)35-5)15-14-26-24-12-8-20-16-22(33)11-13-23(20)27(24)25(17-29(26,30)2)19-6-9-21(10-7-19)31(3)4/h6-7,9-10,16,24-26H,8,11-15,17H2,1-5H3/t24?,25?,26?,29-,30-/m0/s1. The number of anilines is 1. The highest BCUT2D eigenvalue weighted by molar-refractivity contribution is 5.93. The van der Waals surface area contributed by atoms with Crippen LogP contribution in [-0.4, -0.2) is 44.5 Å². The van der Waals surface area contributed by atoms with E-state index >= 15 is 0 Å². The van der Waals surface area contributed by atoms with E-state index in [2.05, 4.69) is 36.1 Å². The number of methoxy groups -OCH3 is 1. The minimum atomic E-state index is -1.28. The zero-order chi connectivity index (χ0) is 25.8. The van der Waals surface area contributed by atoms with Gasteiger partial charge in [-0.1, -0.05) is 24.6 Å². The van der Waals surface area contributed by atoms with Crippen LogP contribution in [0.4, 0.5) is 5.69 Å². The van der Waals surface area contributed by atoms with Crippen LogP contribution in [0.1, 0.15) is 70.3 Å². The number of allylic oxidation sites excluding steroid dienone is 4. The molecule has 5 rings (SSSR count). The van der Waals surface area contributed by atoms with Gasteiger partial charge in [-0.15, -0.1) is 0 Å². The summed E-state index contributed by atoms with van der Waals surface area (Å²) >= 11 is 0. The Morgan fingerprint density at radius 1 is 1.06 bits per heavy atom. The van der Waals surface area contributed by atoms with Gasteiger partial charge >= 0.3 is 11.9 Å². The number of carbonyl (C=O) groups is 3. The molecule has 2 saturated carbocycles. The van der Waals surface area contributed by atoms with E-state index < -0.39 is 23.0 Å². The monoisotopic (exact) mass is 491 g/mol. The molecule has 1 aromatic carbocycles. The zero-order valence-corrected chi connectivity index (χ0v) is 22.1. The highest BCUT2D eigenvalue weighted by Gasteiger charge is 2.69. The highest BCUT2D eigenvalue weighted by atomic mass is 16.6. The number of hydrogen-bond donors (Lipinski definition) is 0. The van der Waals surface area contributed by atoms with Crippen LogP contribution >= 0.6 is 0 Å². The van der Waals surface area contributed by atoms with Crippen molar-refractivity contribution in [1.82, 2.24) is 0 Å². The lowest BCUT2D eigenvalue weighted by Crippen LogP contribution is -2.58. The number of ketones is 1. The van der Waals surface area contributed by atoms with E-state index in [1.54, 1.807) is 0 Å². The molecule has 0 amide bonds. The summed E-state index contributed by atoms with van der Waals surface area (Å²) in [4.78, 5) is 40.0. The predicted octanol–water partition coefficient (Wildman–Crippen LogP) is 5.13. The zero-order valence-electron chi connectivity index (χ0n) is 22.1. The van der Waals surface area contributed by atoms with Gasteiger partial charge in [-0.05, 0) is 85.3 Å². The smallest absolute Gasteiger partial charge is 0.350 e. The minimum Gasteiger partial charge on any atom is -0.466 e. The van der Waals surface area contributed by atoms with E-state index in [0.29, 0.717) is 19.3 Å². The maximum Gasteiger partial charge on any atom is 0.350 e. The number of esters is 2. The Labute approximate surface area is 213 Å². The van der Waals surface area contributed by atoms with E-state index in [9.17, 15) is 14.4 Å². The van der Waals surface area contributed by atoms with Crippen molar-refractivity contribution in [3.05, 3.63) is 52.6 Å². The minimum absolute atomic E-state index is 0.0806. The lowest BCUT2D eigenvalue weighted by Gasteiger charge is -2.54. The van der Waals surface area contributed by atoms with Crippen molar-refractivity contribution >= 4 is 23.4 Å². The average Bonchev–Trinajstić information content (AvgIpc) is 3.14. The van der Waals surface area contributed by atoms with Gasteiger partial charge in [0.25, 0.3) is 0 Å². The second-order valence-corrected chi connectivity index (χ2v) is 11.4. The molecule has 4 aliphatic rings. The molecule has 192 valence electrons. The Morgan fingerprint density at radius 3 is 2.42 bits per heavy atom. The fourth-order valence-electron chi connectivity index (χ4n) is 7.91. The second kappa shape index (κ2) is 8.89. The molecule has 0 spiro atoms. The fraction of sp³-hybridized carbons (Fsp3) is 0.567. The molecule has 0 radical (unpaired) electrons. The topological polar surface area (TPSA) is 72.9 Å². The SMILES string of the molecule is COC(=O)[C@@]1(OC(C)=O)CCC2C3CCC4=CC(=O)CCC4=C3C(c3ccc(N(C)C)cc3)C[C@@]21C. The number of rotatable bonds is 4. The molecule has 0 saturated heterocycles. The number of carbonyl (C=O) groups excluding carboxylic acids is 3. The second-order valence-electron chi connectivity index (χ2n) is 11.4. The van der Waals surface area contributed by atoms with E-state index in [1.165, 1.54) is 36.3 Å². The van der Waals surface area contributed by atoms with Gasteiger partial charge in [0.2, 0.25) is 5.60 Å². The number of fused-ring (bicyclic) bond motifs is 4. The fourth-order valence-corrected chi connectivity index (χ4v) is 7.91. The van der Waals surface area contributed by atoms with Gasteiger partial charge in [0.1, 0.15) is 0 Å². The third-order valence-electron chi connectivity index (χ3n) is 9.50. The molecular weight excluding hydrogens is 454 g/mol. The first-order chi connectivity index (χ1) is 17.1. The normalized spacial score (nSPS) is 33.2. The van der Waals surface area contributed by atoms with E-state index in [4.69, 9.17) is 9.47 Å². The van der Waals surface area contributed by atoms with Crippen LogP contribution < -0.4 is 4.90 Å². The summed E-state index contributed by atoms with van der Waals surface area (Å²) in [5.74, 6) is -0.101. The Morgan fingerprint density at radius 2 is 1.78 bits per heavy atom. The molecule has 0 bridgehead atoms. The van der Waals surface area contributed by atoms with Crippen LogP contribution in [0.5, 0.6) is 0 Å². The number of benzene rings is 1. The van der Waals surface area contributed by atoms with E-state index in [1.807, 2.05) is 20.2 Å². The molecule has 4 aliphatic carbocycles. The number of ether oxygens (including phenoxy) is 2. The van der Waals surface area contributed by atoms with Crippen molar-refractivity contribution in [1.29, 1.82) is 0 Å². The lowest BCUT2D eigenvalue weighted by molar-refractivity contribution is -0.198. The van der Waals surface area contributed by atoms with Gasteiger partial charge in [-0.2, -0.15) is 0 Å². The van der Waals surface area contributed by atoms with Crippen LogP contribution in [0.2, 0.25) is 0 Å². The van der Waals surface area contributed by atoms with Crippen molar-refractivity contribution in [2.75, 3.05) is 26.1 Å². The van der Waals surface area contributed by atoms with Gasteiger partial charge in [0, 0.05) is 44.5 Å². The highest BCUT2D eigenvalue weighted by Crippen LogP contribution is 2.67. The first kappa shape index (κ1) is 24.8. The van der Waals surface area contributed by atoms with Crippen molar-refractivity contribution in [3.63, 3.8) is 0 Å². The quantitative estimate of drug-likeness (QED) is 0.544. The van der Waals surface area contributed by atoms with Crippen LogP contribution in [-0.2, 0) is 23.9 Å². The first-order valence-electron chi connectivity index (χ1n) is 13.1. The summed E-state index contributed by atoms with van der Waals surface area (Å²) in [6.45, 7) is 3.52. The Hall–Kier alpha value is -2.89. The molecule has 0 aromatic heterocycles. The van der Waals surface area contributed by atoms with Crippen molar-refractivity contribution in [2.45, 2.75) is 70.3 Å². The molecule has 1 aromatic rings. The Kier molecular flexibility index (Phi) is 6.12. The maximum absolute atomic E-state index is 13.4. The van der Waals surface area contributed by atoms with Gasteiger partial charge in [0.15, 0.2) is 5.78 Å². The third kappa shape index (κ3) is 3.63. The maximum atomic E-state index is 13.4. The van der Waals surface area contributed by atoms with E-state index in [0.717, 1.165) is 31.4 Å². The summed E-state index contributed by atoms with van der Waals surface area (Å²) < 4.78 is 11.3. The van der Waals surface area contributed by atoms with Gasteiger partial charge < -0.3 is 14.4 Å². The largest absolute Gasteiger partial charge is 0.466 e. The molecule has 6 nitrogen and oxygen atoms in total. The molecule has 0 heterocycles. The molecular formula is C30H37NO5. The number of hydrogen-bond acceptors (Lipinski definition) is 6. The predicted molar refractivity (Wildman–Crippen MR) is 138 cm³/mol. The van der Waals surface area contributed by atoms with E-state index in [-0.39, 0.29) is 23.5 Å². The summed E-state index contributed by atoms with van der Waals surface area (Å²) in [5, 5.41) is 0. The van der Waals surface area contributed by atoms with Crippen molar-refractivity contribution < 1.29 is 23.9 Å². The summed E-state index contributed by atoms with van der Waals surface area (Å²) in [7, 11) is 5.44. The lowest BCUT2D eigenvalue weighted by atomic mass is 9.51. The van der Waals surface area contributed by atoms with Gasteiger partial charge in [-0.25, -0.2) is 4.79 Å². The first-order valence-corrected chi connectivity index (χ1v) is 13.1. The van der Waals surface area contributed by atoms with Crippen molar-refractivity contribution in [3.8, 4) is 0 Å². The molecule has 3 unspecified atom stereocenters. The third-order valence-corrected chi connectivity index (χ3v) is 9.50. The summed E-state index contributed by atoms with van der Waals surface area (Å²) in [6, 6.07) is 8.67. The Bertz CT molecular complexity index is 1160. The van der Waals surface area contributed by atoms with Crippen LogP contribution in [0, 0.1) is 17.3 Å². The molecule has 5 atom stereocenters. The molecule has 2 fully saturated rings. The van der Waals surface area contributed by atoms with Gasteiger partial charge in [-0.3, -0.25) is 9.59 Å². The van der Waals surface area contributed by atoms with Crippen LogP contribution in [0.3, 0.4) is 0 Å².